The second-order valence-electron chi connectivity index (χ2n) is 6.62. The maximum atomic E-state index is 4.94. The summed E-state index contributed by atoms with van der Waals surface area (Å²) in [5.41, 5.74) is 5.07. The monoisotopic (exact) mass is 370 g/mol. The van der Waals surface area contributed by atoms with E-state index in [0.29, 0.717) is 0 Å². The highest BCUT2D eigenvalue weighted by Gasteiger charge is 2.29. The summed E-state index contributed by atoms with van der Waals surface area (Å²) < 4.78 is 0. The number of para-hydroxylation sites is 1. The Balaban J connectivity index is 0.000000878. The second kappa shape index (κ2) is 10.3. The number of allylic oxidation sites excluding steroid dienone is 2. The van der Waals surface area contributed by atoms with Crippen molar-refractivity contribution in [2.24, 2.45) is 4.99 Å². The first-order valence-corrected chi connectivity index (χ1v) is 9.75. The summed E-state index contributed by atoms with van der Waals surface area (Å²) in [6, 6.07) is 18.4. The summed E-state index contributed by atoms with van der Waals surface area (Å²) in [5, 5.41) is 0. The van der Waals surface area contributed by atoms with Crippen LogP contribution in [0.4, 0.5) is 5.69 Å². The lowest BCUT2D eigenvalue weighted by molar-refractivity contribution is 0.504. The van der Waals surface area contributed by atoms with Crippen molar-refractivity contribution in [2.45, 2.75) is 33.2 Å². The van der Waals surface area contributed by atoms with Gasteiger partial charge >= 0.3 is 0 Å². The molecule has 28 heavy (non-hydrogen) atoms. The Morgan fingerprint density at radius 3 is 2.25 bits per heavy atom. The lowest BCUT2D eigenvalue weighted by Crippen LogP contribution is -2.39. The minimum Gasteiger partial charge on any atom is -0.319 e. The molecule has 0 radical (unpaired) electrons. The molecule has 1 aliphatic rings. The Labute approximate surface area is 169 Å². The Kier molecular flexibility index (Phi) is 7.76. The van der Waals surface area contributed by atoms with E-state index in [4.69, 9.17) is 4.99 Å². The van der Waals surface area contributed by atoms with Crippen LogP contribution >= 0.6 is 0 Å². The van der Waals surface area contributed by atoms with E-state index < -0.39 is 0 Å². The zero-order chi connectivity index (χ0) is 20.5. The predicted molar refractivity (Wildman–Crippen MR) is 124 cm³/mol. The molecule has 1 heterocycles. The van der Waals surface area contributed by atoms with Crippen LogP contribution in [0.2, 0.25) is 0 Å². The number of hydrogen-bond acceptors (Lipinski definition) is 2. The molecule has 1 atom stereocenters. The van der Waals surface area contributed by atoms with Gasteiger partial charge in [-0.2, -0.15) is 0 Å². The SMILES string of the molecule is C=C/C=C(\C=C)C(C)N1C(=C)c2ccccc2N=C1c1ccccc1.CCC. The third kappa shape index (κ3) is 4.58. The van der Waals surface area contributed by atoms with Crippen molar-refractivity contribution in [3.63, 3.8) is 0 Å². The minimum absolute atomic E-state index is 0.0373. The molecule has 0 fully saturated rings. The van der Waals surface area contributed by atoms with Gasteiger partial charge in [-0.25, -0.2) is 4.99 Å². The summed E-state index contributed by atoms with van der Waals surface area (Å²) in [7, 11) is 0. The third-order valence-electron chi connectivity index (χ3n) is 4.41. The molecule has 0 saturated heterocycles. The van der Waals surface area contributed by atoms with Crippen molar-refractivity contribution in [1.82, 2.24) is 4.90 Å². The van der Waals surface area contributed by atoms with E-state index in [2.05, 4.69) is 63.6 Å². The molecule has 0 N–H and O–H groups in total. The van der Waals surface area contributed by atoms with Crippen molar-refractivity contribution < 1.29 is 0 Å². The van der Waals surface area contributed by atoms with Crippen LogP contribution in [0.1, 0.15) is 38.3 Å². The number of nitrogens with zero attached hydrogens (tertiary/aromatic N) is 2. The first-order valence-electron chi connectivity index (χ1n) is 9.75. The highest BCUT2D eigenvalue weighted by atomic mass is 15.2. The van der Waals surface area contributed by atoms with Crippen molar-refractivity contribution in [3.8, 4) is 0 Å². The summed E-state index contributed by atoms with van der Waals surface area (Å²) in [4.78, 5) is 7.12. The first kappa shape index (κ1) is 21.2. The van der Waals surface area contributed by atoms with Gasteiger partial charge in [0.2, 0.25) is 0 Å². The average Bonchev–Trinajstić information content (AvgIpc) is 2.72. The molecule has 2 nitrogen and oxygen atoms in total. The number of aliphatic imine (C=N–C) groups is 1. The summed E-state index contributed by atoms with van der Waals surface area (Å²) >= 11 is 0. The van der Waals surface area contributed by atoms with Crippen LogP contribution in [0.25, 0.3) is 5.70 Å². The van der Waals surface area contributed by atoms with Gasteiger partial charge in [-0.3, -0.25) is 0 Å². The molecule has 2 heteroatoms. The molecule has 0 aromatic heterocycles. The van der Waals surface area contributed by atoms with E-state index in [1.807, 2.05) is 48.6 Å². The summed E-state index contributed by atoms with van der Waals surface area (Å²) in [6.07, 6.45) is 6.88. The molecule has 0 saturated carbocycles. The zero-order valence-electron chi connectivity index (χ0n) is 17.2. The van der Waals surface area contributed by atoms with Crippen LogP contribution in [0, 0.1) is 0 Å². The maximum Gasteiger partial charge on any atom is 0.141 e. The maximum absolute atomic E-state index is 4.94. The topological polar surface area (TPSA) is 15.6 Å². The Morgan fingerprint density at radius 2 is 1.64 bits per heavy atom. The Hall–Kier alpha value is -3.13. The smallest absolute Gasteiger partial charge is 0.141 e. The average molecular weight is 371 g/mol. The van der Waals surface area contributed by atoms with Crippen LogP contribution in [0.3, 0.4) is 0 Å². The van der Waals surface area contributed by atoms with Gasteiger partial charge in [0.25, 0.3) is 0 Å². The van der Waals surface area contributed by atoms with Gasteiger partial charge in [0.1, 0.15) is 5.84 Å². The molecule has 2 aromatic carbocycles. The number of benzene rings is 2. The molecular weight excluding hydrogens is 340 g/mol. The van der Waals surface area contributed by atoms with E-state index >= 15 is 0 Å². The fourth-order valence-electron chi connectivity index (χ4n) is 3.11. The van der Waals surface area contributed by atoms with Crippen molar-refractivity contribution >= 4 is 17.2 Å². The lowest BCUT2D eigenvalue weighted by atomic mass is 9.99. The first-order chi connectivity index (χ1) is 13.6. The molecule has 0 aliphatic carbocycles. The second-order valence-corrected chi connectivity index (χ2v) is 6.62. The number of amidine groups is 1. The highest BCUT2D eigenvalue weighted by molar-refractivity contribution is 6.08. The molecule has 0 amide bonds. The zero-order valence-corrected chi connectivity index (χ0v) is 17.2. The van der Waals surface area contributed by atoms with Gasteiger partial charge in [-0.1, -0.05) is 107 Å². The minimum atomic E-state index is 0.0373. The molecule has 0 bridgehead atoms. The van der Waals surface area contributed by atoms with E-state index in [-0.39, 0.29) is 6.04 Å². The van der Waals surface area contributed by atoms with Gasteiger partial charge in [-0.15, -0.1) is 0 Å². The van der Waals surface area contributed by atoms with Crippen LogP contribution in [-0.4, -0.2) is 16.8 Å². The molecule has 2 aromatic rings. The Morgan fingerprint density at radius 1 is 1.04 bits per heavy atom. The van der Waals surface area contributed by atoms with Gasteiger partial charge < -0.3 is 4.90 Å². The standard InChI is InChI=1S/C23H22N2.C3H8/c1-5-12-19(6-2)17(3)25-18(4)21-15-10-11-16-22(21)24-23(25)20-13-8-7-9-14-20;1-3-2/h5-17H,1-2,4H2,3H3;3H2,1-2H3/b19-12+;. The largest absolute Gasteiger partial charge is 0.319 e. The molecular formula is C26H30N2. The van der Waals surface area contributed by atoms with E-state index in [1.165, 1.54) is 6.42 Å². The molecule has 3 rings (SSSR count). The van der Waals surface area contributed by atoms with Gasteiger partial charge in [0.15, 0.2) is 0 Å². The van der Waals surface area contributed by atoms with Crippen LogP contribution in [-0.2, 0) is 0 Å². The van der Waals surface area contributed by atoms with Crippen molar-refractivity contribution in [3.05, 3.63) is 109 Å². The number of fused-ring (bicyclic) bond motifs is 1. The quantitative estimate of drug-likeness (QED) is 0.510. The fourth-order valence-corrected chi connectivity index (χ4v) is 3.11. The Bertz CT molecular complexity index is 888. The normalized spacial score (nSPS) is 14.2. The third-order valence-corrected chi connectivity index (χ3v) is 4.41. The molecule has 144 valence electrons. The number of hydrogen-bond donors (Lipinski definition) is 0. The number of rotatable bonds is 5. The predicted octanol–water partition coefficient (Wildman–Crippen LogP) is 7.15. The van der Waals surface area contributed by atoms with E-state index in [0.717, 1.165) is 33.9 Å². The summed E-state index contributed by atoms with van der Waals surface area (Å²) in [5.74, 6) is 0.897. The van der Waals surface area contributed by atoms with Gasteiger partial charge in [-0.05, 0) is 18.6 Å². The molecule has 1 unspecified atom stereocenters. The van der Waals surface area contributed by atoms with Crippen LogP contribution in [0.5, 0.6) is 0 Å². The van der Waals surface area contributed by atoms with Crippen molar-refractivity contribution in [1.29, 1.82) is 0 Å². The highest BCUT2D eigenvalue weighted by Crippen LogP contribution is 2.37. The van der Waals surface area contributed by atoms with Crippen molar-refractivity contribution in [2.75, 3.05) is 0 Å². The van der Waals surface area contributed by atoms with Crippen LogP contribution < -0.4 is 0 Å². The fraction of sp³-hybridized carbons (Fsp3) is 0.192. The molecule has 1 aliphatic heterocycles. The van der Waals surface area contributed by atoms with Crippen LogP contribution in [0.15, 0.2) is 103 Å². The lowest BCUT2D eigenvalue weighted by Gasteiger charge is -2.37. The van der Waals surface area contributed by atoms with E-state index in [9.17, 15) is 0 Å². The van der Waals surface area contributed by atoms with Gasteiger partial charge in [0.05, 0.1) is 11.7 Å². The van der Waals surface area contributed by atoms with Gasteiger partial charge in [0, 0.05) is 16.8 Å². The summed E-state index contributed by atoms with van der Waals surface area (Å²) in [6.45, 7) is 18.5. The van der Waals surface area contributed by atoms with E-state index in [1.54, 1.807) is 6.08 Å². The molecule has 0 spiro atoms.